The summed E-state index contributed by atoms with van der Waals surface area (Å²) in [5.74, 6) is 0. The van der Waals surface area contributed by atoms with Gasteiger partial charge >= 0.3 is 0 Å². The fourth-order valence-electron chi connectivity index (χ4n) is 3.14. The number of nitriles is 3. The smallest absolute Gasteiger partial charge is 0.191 e. The second-order valence-electron chi connectivity index (χ2n) is 11.9. The molecule has 1 rings (SSSR count). The highest BCUT2D eigenvalue weighted by molar-refractivity contribution is 8.05. The van der Waals surface area contributed by atoms with Crippen molar-refractivity contribution in [1.82, 2.24) is 0 Å². The number of hydrogen-bond donors (Lipinski definition) is 0. The molecule has 0 saturated carbocycles. The highest BCUT2D eigenvalue weighted by atomic mass is 32.2. The molecule has 0 spiro atoms. The maximum absolute atomic E-state index is 9.88. The van der Waals surface area contributed by atoms with Crippen molar-refractivity contribution in [2.75, 3.05) is 13.2 Å². The predicted molar refractivity (Wildman–Crippen MR) is 142 cm³/mol. The summed E-state index contributed by atoms with van der Waals surface area (Å²) in [6, 6.07) is 6.22. The van der Waals surface area contributed by atoms with Crippen molar-refractivity contribution in [3.63, 3.8) is 0 Å². The van der Waals surface area contributed by atoms with Gasteiger partial charge in [-0.25, -0.2) is 0 Å². The fraction of sp³-hybridized carbons (Fsp3) is 0.720. The molecule has 0 aromatic rings. The van der Waals surface area contributed by atoms with Crippen molar-refractivity contribution in [1.29, 1.82) is 15.8 Å². The Kier molecular flexibility index (Phi) is 9.45. The Morgan fingerprint density at radius 3 is 1.55 bits per heavy atom. The highest BCUT2D eigenvalue weighted by Crippen LogP contribution is 2.55. The molecule has 1 aliphatic heterocycles. The highest BCUT2D eigenvalue weighted by Gasteiger charge is 2.45. The average Bonchev–Trinajstić information content (AvgIpc) is 2.92. The minimum Gasteiger partial charge on any atom is -0.417 e. The first kappa shape index (κ1) is 29.7. The van der Waals surface area contributed by atoms with E-state index in [0.29, 0.717) is 36.5 Å². The van der Waals surface area contributed by atoms with E-state index in [9.17, 15) is 15.8 Å². The Bertz CT molecular complexity index is 885. The van der Waals surface area contributed by atoms with Gasteiger partial charge in [0.1, 0.15) is 23.8 Å². The summed E-state index contributed by atoms with van der Waals surface area (Å²) < 4.78 is 12.6. The van der Waals surface area contributed by atoms with Gasteiger partial charge in [0, 0.05) is 18.0 Å². The van der Waals surface area contributed by atoms with Gasteiger partial charge in [-0.3, -0.25) is 0 Å². The van der Waals surface area contributed by atoms with Crippen molar-refractivity contribution in [2.45, 2.75) is 102 Å². The Morgan fingerprint density at radius 1 is 0.848 bits per heavy atom. The standard InChI is InChI=1S/C25H41N3O2SSi2/c1-19-21(18-28)22(20(16-26)17-27)31-25(19,12-14-29-32(8,9)23(2,3)4)13-15-30-33(10,11)24(5,6)7/h12-15H2,1-11H3. The Labute approximate surface area is 208 Å². The van der Waals surface area contributed by atoms with E-state index in [0.717, 1.165) is 5.57 Å². The summed E-state index contributed by atoms with van der Waals surface area (Å²) in [5, 5.41) is 29.1. The normalized spacial score (nSPS) is 16.9. The third-order valence-electron chi connectivity index (χ3n) is 7.70. The maximum Gasteiger partial charge on any atom is 0.191 e. The van der Waals surface area contributed by atoms with E-state index in [1.165, 1.54) is 11.8 Å². The minimum absolute atomic E-state index is 0.00778. The van der Waals surface area contributed by atoms with Crippen molar-refractivity contribution < 1.29 is 8.85 Å². The Hall–Kier alpha value is -1.35. The molecule has 0 amide bonds. The number of allylic oxidation sites excluding steroid dienone is 2. The van der Waals surface area contributed by atoms with Crippen molar-refractivity contribution in [2.24, 2.45) is 0 Å². The summed E-state index contributed by atoms with van der Waals surface area (Å²) in [4.78, 5) is 0.500. The number of nitrogens with zero attached hydrogens (tertiary/aromatic N) is 3. The van der Waals surface area contributed by atoms with E-state index in [2.05, 4.69) is 73.8 Å². The number of rotatable bonds is 8. The molecule has 1 heterocycles. The molecule has 0 saturated heterocycles. The van der Waals surface area contributed by atoms with Crippen molar-refractivity contribution in [3.05, 3.63) is 21.6 Å². The SMILES string of the molecule is CC1=C(C#N)C(=C(C#N)C#N)SC1(CCO[Si](C)(C)C(C)(C)C)CCO[Si](C)(C)C(C)(C)C. The Balaban J connectivity index is 3.30. The second kappa shape index (κ2) is 10.5. The molecule has 0 radical (unpaired) electrons. The summed E-state index contributed by atoms with van der Waals surface area (Å²) >= 11 is 1.48. The zero-order valence-electron chi connectivity index (χ0n) is 22.4. The molecule has 0 bridgehead atoms. The lowest BCUT2D eigenvalue weighted by Crippen LogP contribution is -2.43. The van der Waals surface area contributed by atoms with Crippen LogP contribution < -0.4 is 0 Å². The predicted octanol–water partition coefficient (Wildman–Crippen LogP) is 7.44. The second-order valence-corrected chi connectivity index (χ2v) is 22.9. The first-order chi connectivity index (χ1) is 14.9. The zero-order valence-corrected chi connectivity index (χ0v) is 25.2. The maximum atomic E-state index is 9.88. The van der Waals surface area contributed by atoms with Gasteiger partial charge in [-0.2, -0.15) is 15.8 Å². The molecule has 0 atom stereocenters. The van der Waals surface area contributed by atoms with Gasteiger partial charge in [0.25, 0.3) is 0 Å². The topological polar surface area (TPSA) is 89.8 Å². The quantitative estimate of drug-likeness (QED) is 0.252. The van der Waals surface area contributed by atoms with Crippen LogP contribution in [-0.2, 0) is 8.85 Å². The summed E-state index contributed by atoms with van der Waals surface area (Å²) in [6.45, 7) is 25.4. The van der Waals surface area contributed by atoms with Crippen LogP contribution in [0.4, 0.5) is 0 Å². The van der Waals surface area contributed by atoms with Crippen LogP contribution in [0.2, 0.25) is 36.3 Å². The lowest BCUT2D eigenvalue weighted by Gasteiger charge is -2.39. The first-order valence-corrected chi connectivity index (χ1v) is 18.2. The van der Waals surface area contributed by atoms with Crippen LogP contribution >= 0.6 is 11.8 Å². The number of thioether (sulfide) groups is 1. The molecule has 182 valence electrons. The monoisotopic (exact) mass is 503 g/mol. The summed E-state index contributed by atoms with van der Waals surface area (Å²) in [5.41, 5.74) is 1.39. The van der Waals surface area contributed by atoms with Crippen molar-refractivity contribution in [3.8, 4) is 18.2 Å². The van der Waals surface area contributed by atoms with E-state index in [-0.39, 0.29) is 15.6 Å². The summed E-state index contributed by atoms with van der Waals surface area (Å²) in [7, 11) is -3.85. The molecule has 0 aliphatic carbocycles. The minimum atomic E-state index is -1.93. The van der Waals surface area contributed by atoms with Gasteiger partial charge in [-0.15, -0.1) is 11.8 Å². The molecular formula is C25H41N3O2SSi2. The molecule has 1 aliphatic rings. The fourth-order valence-corrected chi connectivity index (χ4v) is 6.74. The van der Waals surface area contributed by atoms with Crippen LogP contribution in [0.15, 0.2) is 21.6 Å². The summed E-state index contributed by atoms with van der Waals surface area (Å²) in [6.07, 6.45) is 1.41. The molecule has 0 N–H and O–H groups in total. The zero-order chi connectivity index (χ0) is 25.9. The average molecular weight is 504 g/mol. The Morgan fingerprint density at radius 2 is 1.24 bits per heavy atom. The van der Waals surface area contributed by atoms with E-state index in [1.807, 2.05) is 19.1 Å². The van der Waals surface area contributed by atoms with Gasteiger partial charge in [0.2, 0.25) is 0 Å². The van der Waals surface area contributed by atoms with Gasteiger partial charge < -0.3 is 8.85 Å². The van der Waals surface area contributed by atoms with Gasteiger partial charge in [0.05, 0.1) is 10.5 Å². The molecule has 0 unspecified atom stereocenters. The third kappa shape index (κ3) is 6.62. The molecule has 0 aromatic heterocycles. The molecular weight excluding hydrogens is 463 g/mol. The van der Waals surface area contributed by atoms with E-state index < -0.39 is 21.4 Å². The van der Waals surface area contributed by atoms with Gasteiger partial charge in [0.15, 0.2) is 16.6 Å². The lowest BCUT2D eigenvalue weighted by atomic mass is 9.89. The van der Waals surface area contributed by atoms with Crippen molar-refractivity contribution >= 4 is 28.4 Å². The van der Waals surface area contributed by atoms with Crippen LogP contribution in [0.5, 0.6) is 0 Å². The van der Waals surface area contributed by atoms with Crippen LogP contribution in [0.1, 0.15) is 61.3 Å². The first-order valence-electron chi connectivity index (χ1n) is 11.5. The largest absolute Gasteiger partial charge is 0.417 e. The van der Waals surface area contributed by atoms with E-state index in [4.69, 9.17) is 8.85 Å². The van der Waals surface area contributed by atoms with Crippen LogP contribution in [0, 0.1) is 34.0 Å². The molecule has 8 heteroatoms. The van der Waals surface area contributed by atoms with Gasteiger partial charge in [-0.05, 0) is 61.6 Å². The molecule has 33 heavy (non-hydrogen) atoms. The molecule has 5 nitrogen and oxygen atoms in total. The van der Waals surface area contributed by atoms with Gasteiger partial charge in [-0.1, -0.05) is 41.5 Å². The van der Waals surface area contributed by atoms with Crippen LogP contribution in [0.25, 0.3) is 0 Å². The van der Waals surface area contributed by atoms with Crippen LogP contribution in [-0.4, -0.2) is 34.6 Å². The lowest BCUT2D eigenvalue weighted by molar-refractivity contribution is 0.241. The molecule has 0 aromatic carbocycles. The molecule has 0 fully saturated rings. The van der Waals surface area contributed by atoms with Crippen LogP contribution in [0.3, 0.4) is 0 Å². The third-order valence-corrected chi connectivity index (χ3v) is 18.5. The van der Waals surface area contributed by atoms with E-state index >= 15 is 0 Å². The number of hydrogen-bond acceptors (Lipinski definition) is 6. The van der Waals surface area contributed by atoms with E-state index in [1.54, 1.807) is 0 Å².